The van der Waals surface area contributed by atoms with Gasteiger partial charge < -0.3 is 4.98 Å². The lowest BCUT2D eigenvalue weighted by Gasteiger charge is -2.06. The van der Waals surface area contributed by atoms with E-state index >= 15 is 0 Å². The van der Waals surface area contributed by atoms with Crippen LogP contribution in [0.25, 0.3) is 22.2 Å². The second-order valence-electron chi connectivity index (χ2n) is 6.20. The first-order valence-electron chi connectivity index (χ1n) is 8.12. The number of nitrogens with one attached hydrogen (secondary N) is 1. The molecule has 0 fully saturated rings. The molecule has 0 atom stereocenters. The van der Waals surface area contributed by atoms with Crippen LogP contribution in [0.5, 0.6) is 0 Å². The molecule has 0 saturated heterocycles. The maximum Gasteiger partial charge on any atom is 0.0500 e. The SMILES string of the molecule is Cc1ccc2[nH]c(-c3ccccc3)c(Cc3ccc(Cl)cc3)c2c1. The van der Waals surface area contributed by atoms with Gasteiger partial charge in [0.25, 0.3) is 0 Å². The molecule has 0 saturated carbocycles. The lowest BCUT2D eigenvalue weighted by Crippen LogP contribution is -1.90. The van der Waals surface area contributed by atoms with E-state index in [1.807, 2.05) is 12.1 Å². The van der Waals surface area contributed by atoms with Crippen molar-refractivity contribution in [2.45, 2.75) is 13.3 Å². The van der Waals surface area contributed by atoms with E-state index in [2.05, 4.69) is 72.6 Å². The summed E-state index contributed by atoms with van der Waals surface area (Å²) in [6.45, 7) is 2.14. The smallest absolute Gasteiger partial charge is 0.0500 e. The Kier molecular flexibility index (Phi) is 3.87. The van der Waals surface area contributed by atoms with Crippen LogP contribution in [0.2, 0.25) is 5.02 Å². The van der Waals surface area contributed by atoms with Crippen LogP contribution in [0.1, 0.15) is 16.7 Å². The average molecular weight is 332 g/mol. The van der Waals surface area contributed by atoms with Crippen molar-refractivity contribution in [2.24, 2.45) is 0 Å². The number of hydrogen-bond acceptors (Lipinski definition) is 0. The van der Waals surface area contributed by atoms with Crippen LogP contribution in [0.4, 0.5) is 0 Å². The Morgan fingerprint density at radius 2 is 1.62 bits per heavy atom. The Hall–Kier alpha value is -2.51. The quantitative estimate of drug-likeness (QED) is 0.448. The highest BCUT2D eigenvalue weighted by atomic mass is 35.5. The van der Waals surface area contributed by atoms with E-state index in [1.165, 1.54) is 38.9 Å². The summed E-state index contributed by atoms with van der Waals surface area (Å²) in [5.74, 6) is 0. The number of fused-ring (bicyclic) bond motifs is 1. The molecule has 1 N–H and O–H groups in total. The van der Waals surface area contributed by atoms with Gasteiger partial charge in [0.15, 0.2) is 0 Å². The number of rotatable bonds is 3. The normalized spacial score (nSPS) is 11.1. The number of hydrogen-bond donors (Lipinski definition) is 1. The largest absolute Gasteiger partial charge is 0.354 e. The molecule has 1 heterocycles. The minimum atomic E-state index is 0.775. The second-order valence-corrected chi connectivity index (χ2v) is 6.63. The number of benzene rings is 3. The summed E-state index contributed by atoms with van der Waals surface area (Å²) in [6, 6.07) is 25.2. The molecule has 0 amide bonds. The molecule has 1 aromatic heterocycles. The fourth-order valence-corrected chi connectivity index (χ4v) is 3.33. The van der Waals surface area contributed by atoms with Crippen molar-refractivity contribution < 1.29 is 0 Å². The predicted octanol–water partition coefficient (Wildman–Crippen LogP) is 6.39. The fourth-order valence-electron chi connectivity index (χ4n) is 3.20. The number of aromatic nitrogens is 1. The highest BCUT2D eigenvalue weighted by Crippen LogP contribution is 2.32. The zero-order valence-electron chi connectivity index (χ0n) is 13.5. The third-order valence-electron chi connectivity index (χ3n) is 4.42. The lowest BCUT2D eigenvalue weighted by molar-refractivity contribution is 1.21. The molecule has 1 nitrogen and oxygen atoms in total. The van der Waals surface area contributed by atoms with Crippen LogP contribution in [0.3, 0.4) is 0 Å². The van der Waals surface area contributed by atoms with Gasteiger partial charge in [-0.3, -0.25) is 0 Å². The van der Waals surface area contributed by atoms with Gasteiger partial charge in [0.2, 0.25) is 0 Å². The molecule has 4 rings (SSSR count). The van der Waals surface area contributed by atoms with Gasteiger partial charge in [-0.1, -0.05) is 65.7 Å². The van der Waals surface area contributed by atoms with Crippen LogP contribution < -0.4 is 0 Å². The number of H-pyrrole nitrogens is 1. The van der Waals surface area contributed by atoms with Crippen molar-refractivity contribution in [2.75, 3.05) is 0 Å². The Morgan fingerprint density at radius 3 is 2.38 bits per heavy atom. The van der Waals surface area contributed by atoms with Crippen LogP contribution in [0.15, 0.2) is 72.8 Å². The van der Waals surface area contributed by atoms with Gasteiger partial charge in [-0.05, 0) is 47.9 Å². The molecule has 4 aromatic rings. The van der Waals surface area contributed by atoms with E-state index in [0.29, 0.717) is 0 Å². The Morgan fingerprint density at radius 1 is 0.875 bits per heavy atom. The molecule has 0 aliphatic rings. The number of halogens is 1. The maximum absolute atomic E-state index is 6.03. The van der Waals surface area contributed by atoms with Crippen molar-refractivity contribution in [1.82, 2.24) is 4.98 Å². The highest BCUT2D eigenvalue weighted by Gasteiger charge is 2.13. The summed E-state index contributed by atoms with van der Waals surface area (Å²) in [6.07, 6.45) is 0.880. The first-order valence-corrected chi connectivity index (χ1v) is 8.49. The third-order valence-corrected chi connectivity index (χ3v) is 4.67. The number of aromatic amines is 1. The van der Waals surface area contributed by atoms with Crippen LogP contribution in [-0.2, 0) is 6.42 Å². The molecule has 0 aliphatic heterocycles. The van der Waals surface area contributed by atoms with E-state index in [1.54, 1.807) is 0 Å². The van der Waals surface area contributed by atoms with E-state index in [-0.39, 0.29) is 0 Å². The first-order chi connectivity index (χ1) is 11.7. The molecule has 0 spiro atoms. The van der Waals surface area contributed by atoms with Crippen LogP contribution in [-0.4, -0.2) is 4.98 Å². The van der Waals surface area contributed by atoms with Crippen LogP contribution >= 0.6 is 11.6 Å². The second kappa shape index (κ2) is 6.18. The third kappa shape index (κ3) is 2.83. The highest BCUT2D eigenvalue weighted by molar-refractivity contribution is 6.30. The monoisotopic (exact) mass is 331 g/mol. The van der Waals surface area contributed by atoms with E-state index in [0.717, 1.165) is 11.4 Å². The van der Waals surface area contributed by atoms with Crippen molar-refractivity contribution in [3.63, 3.8) is 0 Å². The fraction of sp³-hybridized carbons (Fsp3) is 0.0909. The topological polar surface area (TPSA) is 15.8 Å². The number of aryl methyl sites for hydroxylation is 1. The van der Waals surface area contributed by atoms with Crippen molar-refractivity contribution in [1.29, 1.82) is 0 Å². The Labute approximate surface area is 146 Å². The molecule has 0 unspecified atom stereocenters. The lowest BCUT2D eigenvalue weighted by atomic mass is 9.98. The Balaban J connectivity index is 1.90. The minimum Gasteiger partial charge on any atom is -0.354 e. The van der Waals surface area contributed by atoms with Gasteiger partial charge in [0.05, 0.1) is 5.69 Å². The summed E-state index contributed by atoms with van der Waals surface area (Å²) in [4.78, 5) is 3.61. The minimum absolute atomic E-state index is 0.775. The predicted molar refractivity (Wildman–Crippen MR) is 103 cm³/mol. The summed E-state index contributed by atoms with van der Waals surface area (Å²) in [7, 11) is 0. The molecular formula is C22H18ClN. The van der Waals surface area contributed by atoms with Crippen molar-refractivity contribution in [3.05, 3.63) is 94.5 Å². The molecule has 24 heavy (non-hydrogen) atoms. The van der Waals surface area contributed by atoms with Gasteiger partial charge in [0, 0.05) is 22.3 Å². The van der Waals surface area contributed by atoms with Crippen molar-refractivity contribution >= 4 is 22.5 Å². The van der Waals surface area contributed by atoms with Gasteiger partial charge in [-0.15, -0.1) is 0 Å². The molecular weight excluding hydrogens is 314 g/mol. The first kappa shape index (κ1) is 15.0. The maximum atomic E-state index is 6.03. The summed E-state index contributed by atoms with van der Waals surface area (Å²) >= 11 is 6.03. The summed E-state index contributed by atoms with van der Waals surface area (Å²) in [5, 5.41) is 2.07. The van der Waals surface area contributed by atoms with Gasteiger partial charge in [-0.25, -0.2) is 0 Å². The molecule has 2 heteroatoms. The standard InChI is InChI=1S/C22H18ClN/c1-15-7-12-21-19(13-15)20(14-16-8-10-18(23)11-9-16)22(24-21)17-5-3-2-4-6-17/h2-13,24H,14H2,1H3. The molecule has 3 aromatic carbocycles. The zero-order valence-corrected chi connectivity index (χ0v) is 14.3. The van der Waals surface area contributed by atoms with Gasteiger partial charge >= 0.3 is 0 Å². The summed E-state index contributed by atoms with van der Waals surface area (Å²) < 4.78 is 0. The molecule has 118 valence electrons. The molecule has 0 aliphatic carbocycles. The summed E-state index contributed by atoms with van der Waals surface area (Å²) in [5.41, 5.74) is 7.48. The Bertz CT molecular complexity index is 982. The van der Waals surface area contributed by atoms with Crippen LogP contribution in [0, 0.1) is 6.92 Å². The average Bonchev–Trinajstić information content (AvgIpc) is 2.95. The van der Waals surface area contributed by atoms with E-state index in [9.17, 15) is 0 Å². The van der Waals surface area contributed by atoms with Gasteiger partial charge in [0.1, 0.15) is 0 Å². The van der Waals surface area contributed by atoms with Gasteiger partial charge in [-0.2, -0.15) is 0 Å². The van der Waals surface area contributed by atoms with E-state index in [4.69, 9.17) is 11.6 Å². The molecule has 0 radical (unpaired) electrons. The molecule has 0 bridgehead atoms. The zero-order chi connectivity index (χ0) is 16.5. The van der Waals surface area contributed by atoms with E-state index < -0.39 is 0 Å². The van der Waals surface area contributed by atoms with Crippen molar-refractivity contribution in [3.8, 4) is 11.3 Å².